The molecule has 2 fully saturated rings. The molecule has 2 aliphatic heterocycles. The number of hydrogen-bond donors (Lipinski definition) is 0. The third-order valence-corrected chi connectivity index (χ3v) is 3.39. The summed E-state index contributed by atoms with van der Waals surface area (Å²) in [5.74, 6) is -0.0798. The monoisotopic (exact) mass is 225 g/mol. The highest BCUT2D eigenvalue weighted by Crippen LogP contribution is 2.11. The average molecular weight is 225 g/mol. The molecule has 2 nitrogen and oxygen atoms in total. The quantitative estimate of drug-likeness (QED) is 0.655. The SMILES string of the molecule is F/C(C=[N+]1CCCCC1)=C\N1CCCCC1. The molecule has 2 saturated heterocycles. The molecule has 0 radical (unpaired) electrons. The van der Waals surface area contributed by atoms with Gasteiger partial charge in [0.05, 0.1) is 0 Å². The molecule has 90 valence electrons. The van der Waals surface area contributed by atoms with Gasteiger partial charge in [-0.3, -0.25) is 0 Å². The number of piperidine rings is 2. The van der Waals surface area contributed by atoms with Crippen molar-refractivity contribution in [3.8, 4) is 0 Å². The Morgan fingerprint density at radius 2 is 1.56 bits per heavy atom. The predicted octanol–water partition coefficient (Wildman–Crippen LogP) is 2.55. The summed E-state index contributed by atoms with van der Waals surface area (Å²) < 4.78 is 15.8. The van der Waals surface area contributed by atoms with E-state index in [1.54, 1.807) is 12.4 Å². The Morgan fingerprint density at radius 3 is 2.25 bits per heavy atom. The lowest BCUT2D eigenvalue weighted by molar-refractivity contribution is -0.532. The fourth-order valence-corrected chi connectivity index (χ4v) is 2.48. The second-order valence-corrected chi connectivity index (χ2v) is 4.84. The van der Waals surface area contributed by atoms with Gasteiger partial charge in [0.1, 0.15) is 13.1 Å². The maximum absolute atomic E-state index is 13.7. The molecular formula is C13H22FN2+. The molecule has 2 aliphatic rings. The van der Waals surface area contributed by atoms with Crippen LogP contribution in [0.1, 0.15) is 38.5 Å². The van der Waals surface area contributed by atoms with Gasteiger partial charge in [0.2, 0.25) is 12.0 Å². The number of hydrogen-bond acceptors (Lipinski definition) is 1. The standard InChI is InChI=1S/C13H22FN2/c14-13(11-15-7-3-1-4-8-15)12-16-9-5-2-6-10-16/h11-12H,1-10H2/q+1. The Labute approximate surface area is 97.4 Å². The van der Waals surface area contributed by atoms with Gasteiger partial charge in [-0.05, 0) is 25.7 Å². The zero-order chi connectivity index (χ0) is 11.2. The lowest BCUT2D eigenvalue weighted by Gasteiger charge is -2.24. The Hall–Kier alpha value is -0.860. The molecule has 0 aromatic carbocycles. The lowest BCUT2D eigenvalue weighted by atomic mass is 10.1. The minimum Gasteiger partial charge on any atom is -0.375 e. The van der Waals surface area contributed by atoms with Crippen LogP contribution in [0.4, 0.5) is 4.39 Å². The highest BCUT2D eigenvalue weighted by Gasteiger charge is 2.12. The van der Waals surface area contributed by atoms with Gasteiger partial charge in [-0.15, -0.1) is 0 Å². The summed E-state index contributed by atoms with van der Waals surface area (Å²) >= 11 is 0. The maximum atomic E-state index is 13.7. The van der Waals surface area contributed by atoms with E-state index in [0.29, 0.717) is 0 Å². The van der Waals surface area contributed by atoms with Crippen molar-refractivity contribution in [3.05, 3.63) is 12.0 Å². The topological polar surface area (TPSA) is 6.25 Å². The van der Waals surface area contributed by atoms with E-state index in [1.807, 2.05) is 0 Å². The van der Waals surface area contributed by atoms with E-state index in [1.165, 1.54) is 38.5 Å². The summed E-state index contributed by atoms with van der Waals surface area (Å²) in [4.78, 5) is 2.11. The van der Waals surface area contributed by atoms with E-state index in [4.69, 9.17) is 0 Å². The summed E-state index contributed by atoms with van der Waals surface area (Å²) in [5, 5.41) is 0. The third kappa shape index (κ3) is 3.62. The van der Waals surface area contributed by atoms with Crippen LogP contribution >= 0.6 is 0 Å². The van der Waals surface area contributed by atoms with E-state index in [0.717, 1.165) is 26.2 Å². The zero-order valence-corrected chi connectivity index (χ0v) is 10.00. The van der Waals surface area contributed by atoms with Crippen LogP contribution in [0, 0.1) is 0 Å². The first-order valence-electron chi connectivity index (χ1n) is 6.55. The predicted molar refractivity (Wildman–Crippen MR) is 64.5 cm³/mol. The van der Waals surface area contributed by atoms with Gasteiger partial charge in [0, 0.05) is 32.1 Å². The van der Waals surface area contributed by atoms with Crippen LogP contribution in [0.25, 0.3) is 0 Å². The van der Waals surface area contributed by atoms with E-state index >= 15 is 0 Å². The van der Waals surface area contributed by atoms with E-state index in [-0.39, 0.29) is 5.83 Å². The number of halogens is 1. The van der Waals surface area contributed by atoms with Gasteiger partial charge < -0.3 is 4.90 Å². The van der Waals surface area contributed by atoms with Crippen LogP contribution in [0.15, 0.2) is 12.0 Å². The summed E-state index contributed by atoms with van der Waals surface area (Å²) in [6.07, 6.45) is 10.8. The Balaban J connectivity index is 1.89. The van der Waals surface area contributed by atoms with E-state index < -0.39 is 0 Å². The summed E-state index contributed by atoms with van der Waals surface area (Å²) in [5.41, 5.74) is 0. The van der Waals surface area contributed by atoms with Gasteiger partial charge in [0.25, 0.3) is 0 Å². The summed E-state index contributed by atoms with van der Waals surface area (Å²) in [6, 6.07) is 0. The molecule has 16 heavy (non-hydrogen) atoms. The first kappa shape index (κ1) is 11.6. The summed E-state index contributed by atoms with van der Waals surface area (Å²) in [6.45, 7) is 4.06. The molecule has 0 aromatic rings. The Bertz CT molecular complexity index is 270. The fourth-order valence-electron chi connectivity index (χ4n) is 2.48. The van der Waals surface area contributed by atoms with Crippen molar-refractivity contribution in [2.45, 2.75) is 38.5 Å². The molecule has 0 aliphatic carbocycles. The van der Waals surface area contributed by atoms with Gasteiger partial charge in [0.15, 0.2) is 0 Å². The fraction of sp³-hybridized carbons (Fsp3) is 0.769. The van der Waals surface area contributed by atoms with Crippen LogP contribution in [0.3, 0.4) is 0 Å². The summed E-state index contributed by atoms with van der Waals surface area (Å²) in [7, 11) is 0. The van der Waals surface area contributed by atoms with E-state index in [2.05, 4.69) is 9.48 Å². The third-order valence-electron chi connectivity index (χ3n) is 3.39. The molecule has 3 heteroatoms. The van der Waals surface area contributed by atoms with Gasteiger partial charge in [-0.2, -0.15) is 4.39 Å². The van der Waals surface area contributed by atoms with Crippen molar-refractivity contribution in [1.82, 2.24) is 4.90 Å². The van der Waals surface area contributed by atoms with Crippen molar-refractivity contribution in [3.63, 3.8) is 0 Å². The molecule has 2 heterocycles. The molecule has 0 saturated carbocycles. The molecule has 0 bridgehead atoms. The maximum Gasteiger partial charge on any atom is 0.201 e. The number of likely N-dealkylation sites (tertiary alicyclic amines) is 1. The average Bonchev–Trinajstić information content (AvgIpc) is 2.31. The lowest BCUT2D eigenvalue weighted by Crippen LogP contribution is -2.25. The molecule has 0 unspecified atom stereocenters. The molecule has 0 aromatic heterocycles. The van der Waals surface area contributed by atoms with Gasteiger partial charge >= 0.3 is 0 Å². The minimum absolute atomic E-state index is 0.0798. The first-order valence-corrected chi connectivity index (χ1v) is 6.55. The van der Waals surface area contributed by atoms with Crippen molar-refractivity contribution >= 4 is 6.21 Å². The van der Waals surface area contributed by atoms with Gasteiger partial charge in [-0.25, -0.2) is 4.58 Å². The number of rotatable bonds is 2. The molecular weight excluding hydrogens is 203 g/mol. The van der Waals surface area contributed by atoms with Crippen LogP contribution in [0.5, 0.6) is 0 Å². The molecule has 2 rings (SSSR count). The second-order valence-electron chi connectivity index (χ2n) is 4.84. The molecule has 0 N–H and O–H groups in total. The van der Waals surface area contributed by atoms with Crippen molar-refractivity contribution < 1.29 is 8.97 Å². The number of nitrogens with zero attached hydrogens (tertiary/aromatic N) is 2. The first-order chi connectivity index (χ1) is 7.84. The highest BCUT2D eigenvalue weighted by atomic mass is 19.1. The Kier molecular flexibility index (Phi) is 4.37. The molecule has 0 atom stereocenters. The largest absolute Gasteiger partial charge is 0.375 e. The molecule has 0 spiro atoms. The van der Waals surface area contributed by atoms with Crippen LogP contribution in [0.2, 0.25) is 0 Å². The second kappa shape index (κ2) is 6.02. The minimum atomic E-state index is -0.0798. The zero-order valence-electron chi connectivity index (χ0n) is 10.00. The highest BCUT2D eigenvalue weighted by molar-refractivity contribution is 5.70. The van der Waals surface area contributed by atoms with E-state index in [9.17, 15) is 4.39 Å². The van der Waals surface area contributed by atoms with Crippen molar-refractivity contribution in [2.24, 2.45) is 0 Å². The van der Waals surface area contributed by atoms with Crippen LogP contribution < -0.4 is 0 Å². The smallest absolute Gasteiger partial charge is 0.201 e. The molecule has 0 amide bonds. The van der Waals surface area contributed by atoms with Crippen molar-refractivity contribution in [2.75, 3.05) is 26.2 Å². The van der Waals surface area contributed by atoms with Crippen LogP contribution in [-0.2, 0) is 0 Å². The van der Waals surface area contributed by atoms with Crippen molar-refractivity contribution in [1.29, 1.82) is 0 Å². The number of allylic oxidation sites excluding steroid dienone is 1. The Morgan fingerprint density at radius 1 is 0.938 bits per heavy atom. The van der Waals surface area contributed by atoms with Gasteiger partial charge in [-0.1, -0.05) is 0 Å². The normalized spacial score (nSPS) is 23.4. The van der Waals surface area contributed by atoms with Crippen LogP contribution in [-0.4, -0.2) is 41.9 Å².